The van der Waals surface area contributed by atoms with E-state index in [0.29, 0.717) is 10.2 Å². The van der Waals surface area contributed by atoms with Crippen LogP contribution in [0.25, 0.3) is 0 Å². The molecule has 2 N–H and O–H groups in total. The van der Waals surface area contributed by atoms with E-state index in [1.54, 1.807) is 12.4 Å². The zero-order chi connectivity index (χ0) is 12.3. The number of anilines is 1. The van der Waals surface area contributed by atoms with Crippen LogP contribution in [0.3, 0.4) is 0 Å². The number of hydrogen-bond donors (Lipinski definition) is 2. The van der Waals surface area contributed by atoms with Crippen molar-refractivity contribution in [2.75, 3.05) is 5.32 Å². The minimum atomic E-state index is -0.261. The van der Waals surface area contributed by atoms with E-state index in [1.165, 1.54) is 0 Å². The summed E-state index contributed by atoms with van der Waals surface area (Å²) >= 11 is 3.21. The minimum absolute atomic E-state index is 0.00361. The lowest BCUT2D eigenvalue weighted by atomic mass is 10.2. The lowest BCUT2D eigenvalue weighted by Crippen LogP contribution is -2.14. The van der Waals surface area contributed by atoms with Gasteiger partial charge in [-0.15, -0.1) is 0 Å². The fourth-order valence-electron chi connectivity index (χ4n) is 1.42. The summed E-state index contributed by atoms with van der Waals surface area (Å²) in [5.74, 6) is 0. The minimum Gasteiger partial charge on any atom is -0.375 e. The van der Waals surface area contributed by atoms with Crippen molar-refractivity contribution in [2.45, 2.75) is 13.0 Å². The standard InChI is InChI=1S/C11H11BrN4O/c1-7(8-4-2-3-5-13-8)15-9-6-14-16-11(17)10(9)12/h2-7H,1H3,(H2,15,16,17). The molecule has 0 spiro atoms. The van der Waals surface area contributed by atoms with Crippen molar-refractivity contribution in [3.8, 4) is 0 Å². The lowest BCUT2D eigenvalue weighted by Gasteiger charge is -2.14. The Labute approximate surface area is 106 Å². The van der Waals surface area contributed by atoms with E-state index in [9.17, 15) is 4.79 Å². The van der Waals surface area contributed by atoms with Crippen LogP contribution in [-0.2, 0) is 0 Å². The monoisotopic (exact) mass is 294 g/mol. The Morgan fingerprint density at radius 1 is 1.47 bits per heavy atom. The maximum Gasteiger partial charge on any atom is 0.280 e. The summed E-state index contributed by atoms with van der Waals surface area (Å²) in [4.78, 5) is 15.6. The second-order valence-corrected chi connectivity index (χ2v) is 4.34. The maximum atomic E-state index is 11.3. The molecule has 0 bridgehead atoms. The highest BCUT2D eigenvalue weighted by molar-refractivity contribution is 9.10. The average molecular weight is 295 g/mol. The van der Waals surface area contributed by atoms with Crippen molar-refractivity contribution in [3.63, 3.8) is 0 Å². The molecule has 2 aromatic heterocycles. The number of aromatic nitrogens is 3. The lowest BCUT2D eigenvalue weighted by molar-refractivity contribution is 0.832. The van der Waals surface area contributed by atoms with Gasteiger partial charge in [-0.05, 0) is 35.0 Å². The third kappa shape index (κ3) is 2.71. The predicted octanol–water partition coefficient (Wildman–Crippen LogP) is 2.10. The number of nitrogens with zero attached hydrogens (tertiary/aromatic N) is 2. The molecule has 2 rings (SSSR count). The topological polar surface area (TPSA) is 70.7 Å². The molecule has 0 fully saturated rings. The van der Waals surface area contributed by atoms with Gasteiger partial charge in [0.05, 0.1) is 23.6 Å². The number of aromatic amines is 1. The van der Waals surface area contributed by atoms with Gasteiger partial charge in [0, 0.05) is 6.20 Å². The number of nitrogens with one attached hydrogen (secondary N) is 2. The number of pyridine rings is 1. The molecule has 2 heterocycles. The zero-order valence-electron chi connectivity index (χ0n) is 9.14. The normalized spacial score (nSPS) is 12.1. The first-order valence-electron chi connectivity index (χ1n) is 5.09. The highest BCUT2D eigenvalue weighted by Gasteiger charge is 2.10. The summed E-state index contributed by atoms with van der Waals surface area (Å²) in [5, 5.41) is 9.26. The Hall–Kier alpha value is -1.69. The van der Waals surface area contributed by atoms with Crippen LogP contribution in [0.2, 0.25) is 0 Å². The molecular formula is C11H11BrN4O. The Bertz CT molecular complexity index is 555. The molecule has 2 aromatic rings. The molecule has 1 unspecified atom stereocenters. The van der Waals surface area contributed by atoms with Gasteiger partial charge in [-0.3, -0.25) is 9.78 Å². The molecule has 0 aliphatic heterocycles. The molecule has 0 aliphatic carbocycles. The first-order chi connectivity index (χ1) is 8.18. The molecule has 0 amide bonds. The fraction of sp³-hybridized carbons (Fsp3) is 0.182. The third-order valence-corrected chi connectivity index (χ3v) is 3.09. The van der Waals surface area contributed by atoms with Crippen molar-refractivity contribution in [1.29, 1.82) is 0 Å². The maximum absolute atomic E-state index is 11.3. The van der Waals surface area contributed by atoms with E-state index >= 15 is 0 Å². The van der Waals surface area contributed by atoms with Crippen LogP contribution in [0.15, 0.2) is 39.9 Å². The molecular weight excluding hydrogens is 284 g/mol. The largest absolute Gasteiger partial charge is 0.375 e. The number of hydrogen-bond acceptors (Lipinski definition) is 4. The summed E-state index contributed by atoms with van der Waals surface area (Å²) in [7, 11) is 0. The predicted molar refractivity (Wildman–Crippen MR) is 68.8 cm³/mol. The number of rotatable bonds is 3. The second kappa shape index (κ2) is 5.09. The smallest absolute Gasteiger partial charge is 0.280 e. The molecule has 17 heavy (non-hydrogen) atoms. The summed E-state index contributed by atoms with van der Waals surface area (Å²) in [5.41, 5.74) is 1.29. The summed E-state index contributed by atoms with van der Waals surface area (Å²) in [6.45, 7) is 1.97. The Balaban J connectivity index is 2.22. The van der Waals surface area contributed by atoms with Crippen LogP contribution in [0.4, 0.5) is 5.69 Å². The van der Waals surface area contributed by atoms with Crippen molar-refractivity contribution in [2.24, 2.45) is 0 Å². The van der Waals surface area contributed by atoms with Crippen LogP contribution < -0.4 is 10.9 Å². The van der Waals surface area contributed by atoms with E-state index in [-0.39, 0.29) is 11.6 Å². The highest BCUT2D eigenvalue weighted by Crippen LogP contribution is 2.21. The third-order valence-electron chi connectivity index (χ3n) is 2.30. The molecule has 0 saturated heterocycles. The van der Waals surface area contributed by atoms with Crippen LogP contribution >= 0.6 is 15.9 Å². The van der Waals surface area contributed by atoms with Gasteiger partial charge in [0.25, 0.3) is 5.56 Å². The molecule has 0 saturated carbocycles. The Morgan fingerprint density at radius 3 is 3.00 bits per heavy atom. The van der Waals surface area contributed by atoms with Gasteiger partial charge in [-0.1, -0.05) is 6.07 Å². The van der Waals surface area contributed by atoms with Crippen molar-refractivity contribution in [1.82, 2.24) is 15.2 Å². The highest BCUT2D eigenvalue weighted by atomic mass is 79.9. The summed E-state index contributed by atoms with van der Waals surface area (Å²) in [6, 6.07) is 5.70. The van der Waals surface area contributed by atoms with E-state index in [4.69, 9.17) is 0 Å². The molecule has 5 nitrogen and oxygen atoms in total. The van der Waals surface area contributed by atoms with Crippen LogP contribution in [0.5, 0.6) is 0 Å². The number of H-pyrrole nitrogens is 1. The second-order valence-electron chi connectivity index (χ2n) is 3.55. The van der Waals surface area contributed by atoms with Gasteiger partial charge in [0.2, 0.25) is 0 Å². The van der Waals surface area contributed by atoms with Gasteiger partial charge in [0.1, 0.15) is 4.47 Å². The van der Waals surface area contributed by atoms with Crippen LogP contribution in [0.1, 0.15) is 18.7 Å². The van der Waals surface area contributed by atoms with E-state index in [1.807, 2.05) is 25.1 Å². The fourth-order valence-corrected chi connectivity index (χ4v) is 1.73. The van der Waals surface area contributed by atoms with Crippen LogP contribution in [-0.4, -0.2) is 15.2 Å². The molecule has 0 aliphatic rings. The van der Waals surface area contributed by atoms with E-state index in [0.717, 1.165) is 5.69 Å². The van der Waals surface area contributed by atoms with Gasteiger partial charge in [0.15, 0.2) is 0 Å². The first-order valence-corrected chi connectivity index (χ1v) is 5.88. The zero-order valence-corrected chi connectivity index (χ0v) is 10.7. The first kappa shape index (κ1) is 11.8. The SMILES string of the molecule is CC(Nc1cn[nH]c(=O)c1Br)c1ccccn1. The summed E-state index contributed by atoms with van der Waals surface area (Å²) < 4.78 is 0.440. The van der Waals surface area contributed by atoms with Crippen molar-refractivity contribution in [3.05, 3.63) is 51.1 Å². The molecule has 0 radical (unpaired) electrons. The van der Waals surface area contributed by atoms with Gasteiger partial charge in [-0.2, -0.15) is 5.10 Å². The van der Waals surface area contributed by atoms with Gasteiger partial charge in [-0.25, -0.2) is 5.10 Å². The average Bonchev–Trinajstić information content (AvgIpc) is 2.36. The van der Waals surface area contributed by atoms with E-state index < -0.39 is 0 Å². The quantitative estimate of drug-likeness (QED) is 0.909. The Morgan fingerprint density at radius 2 is 2.29 bits per heavy atom. The van der Waals surface area contributed by atoms with Crippen molar-refractivity contribution >= 4 is 21.6 Å². The summed E-state index contributed by atoms with van der Waals surface area (Å²) in [6.07, 6.45) is 3.30. The van der Waals surface area contributed by atoms with Gasteiger partial charge >= 0.3 is 0 Å². The Kier molecular flexibility index (Phi) is 3.53. The van der Waals surface area contributed by atoms with Crippen LogP contribution in [0, 0.1) is 0 Å². The van der Waals surface area contributed by atoms with Crippen molar-refractivity contribution < 1.29 is 0 Å². The molecule has 88 valence electrons. The van der Waals surface area contributed by atoms with E-state index in [2.05, 4.69) is 36.4 Å². The molecule has 0 aromatic carbocycles. The van der Waals surface area contributed by atoms with Gasteiger partial charge < -0.3 is 5.32 Å². The number of halogens is 1. The molecule has 1 atom stereocenters. The molecule has 6 heteroatoms.